The van der Waals surface area contributed by atoms with Crippen molar-refractivity contribution < 1.29 is 5.11 Å². The fourth-order valence-corrected chi connectivity index (χ4v) is 4.44. The first-order valence-electron chi connectivity index (χ1n) is 8.52. The molecule has 0 bridgehead atoms. The summed E-state index contributed by atoms with van der Waals surface area (Å²) in [6, 6.07) is 9.45. The maximum absolute atomic E-state index is 9.86. The standard InChI is InChI=1S/C18H28N2OS/c1-22-18-7-3-2-5-15(18)13-19-11-8-16(9-12-19)20-10-4-6-17(21)14-20/h2-3,5,7,16-17,21H,4,6,8-14H2,1H3. The van der Waals surface area contributed by atoms with Gasteiger partial charge in [0, 0.05) is 24.0 Å². The Morgan fingerprint density at radius 2 is 1.91 bits per heavy atom. The Labute approximate surface area is 138 Å². The molecule has 3 nitrogen and oxygen atoms in total. The average molecular weight is 321 g/mol. The Bertz CT molecular complexity index is 474. The summed E-state index contributed by atoms with van der Waals surface area (Å²) < 4.78 is 0. The van der Waals surface area contributed by atoms with Crippen molar-refractivity contribution in [1.82, 2.24) is 9.80 Å². The van der Waals surface area contributed by atoms with E-state index in [0.717, 1.165) is 25.9 Å². The minimum Gasteiger partial charge on any atom is -0.392 e. The highest BCUT2D eigenvalue weighted by Gasteiger charge is 2.28. The third-order valence-corrected chi connectivity index (χ3v) is 5.93. The van der Waals surface area contributed by atoms with Crippen LogP contribution in [0.3, 0.4) is 0 Å². The van der Waals surface area contributed by atoms with Crippen molar-refractivity contribution in [2.75, 3.05) is 32.4 Å². The fraction of sp³-hybridized carbons (Fsp3) is 0.667. The zero-order valence-corrected chi connectivity index (χ0v) is 14.4. The minimum absolute atomic E-state index is 0.0970. The van der Waals surface area contributed by atoms with Gasteiger partial charge in [-0.1, -0.05) is 18.2 Å². The molecule has 1 N–H and O–H groups in total. The van der Waals surface area contributed by atoms with Crippen LogP contribution in [0.2, 0.25) is 0 Å². The van der Waals surface area contributed by atoms with Crippen LogP contribution in [0.5, 0.6) is 0 Å². The summed E-state index contributed by atoms with van der Waals surface area (Å²) in [7, 11) is 0. The van der Waals surface area contributed by atoms with Crippen molar-refractivity contribution >= 4 is 11.8 Å². The Kier molecular flexibility index (Phi) is 5.80. The van der Waals surface area contributed by atoms with Crippen molar-refractivity contribution in [3.05, 3.63) is 29.8 Å². The van der Waals surface area contributed by atoms with Gasteiger partial charge in [0.2, 0.25) is 0 Å². The lowest BCUT2D eigenvalue weighted by atomic mass is 9.98. The van der Waals surface area contributed by atoms with Gasteiger partial charge in [-0.3, -0.25) is 9.80 Å². The predicted octanol–water partition coefficient (Wildman–Crippen LogP) is 2.83. The van der Waals surface area contributed by atoms with E-state index in [4.69, 9.17) is 0 Å². The van der Waals surface area contributed by atoms with Crippen LogP contribution >= 0.6 is 11.8 Å². The zero-order chi connectivity index (χ0) is 15.4. The van der Waals surface area contributed by atoms with E-state index in [1.165, 1.54) is 42.9 Å². The second-order valence-corrected chi connectivity index (χ2v) is 7.46. The predicted molar refractivity (Wildman–Crippen MR) is 93.3 cm³/mol. The molecule has 1 aromatic rings. The van der Waals surface area contributed by atoms with Gasteiger partial charge >= 0.3 is 0 Å². The van der Waals surface area contributed by atoms with Crippen molar-refractivity contribution in [2.24, 2.45) is 0 Å². The number of benzene rings is 1. The molecule has 2 aliphatic heterocycles. The zero-order valence-electron chi connectivity index (χ0n) is 13.6. The highest BCUT2D eigenvalue weighted by molar-refractivity contribution is 7.98. The number of thioether (sulfide) groups is 1. The SMILES string of the molecule is CSc1ccccc1CN1CCC(N2CCCC(O)C2)CC1. The van der Waals surface area contributed by atoms with Gasteiger partial charge in [0.1, 0.15) is 0 Å². The van der Waals surface area contributed by atoms with E-state index in [-0.39, 0.29) is 6.10 Å². The lowest BCUT2D eigenvalue weighted by Crippen LogP contribution is -2.49. The van der Waals surface area contributed by atoms with Gasteiger partial charge in [0.05, 0.1) is 6.10 Å². The molecule has 0 radical (unpaired) electrons. The van der Waals surface area contributed by atoms with E-state index in [9.17, 15) is 5.11 Å². The first kappa shape index (κ1) is 16.3. The Morgan fingerprint density at radius 3 is 2.64 bits per heavy atom. The summed E-state index contributed by atoms with van der Waals surface area (Å²) >= 11 is 1.84. The van der Waals surface area contributed by atoms with E-state index in [0.29, 0.717) is 6.04 Å². The normalized spacial score (nSPS) is 25.5. The molecule has 4 heteroatoms. The topological polar surface area (TPSA) is 26.7 Å². The van der Waals surface area contributed by atoms with Crippen molar-refractivity contribution in [2.45, 2.75) is 49.3 Å². The number of aliphatic hydroxyl groups is 1. The highest BCUT2D eigenvalue weighted by atomic mass is 32.2. The fourth-order valence-electron chi connectivity index (χ4n) is 3.83. The van der Waals surface area contributed by atoms with Gasteiger partial charge in [0.15, 0.2) is 0 Å². The van der Waals surface area contributed by atoms with E-state index >= 15 is 0 Å². The third kappa shape index (κ3) is 4.05. The van der Waals surface area contributed by atoms with Gasteiger partial charge in [-0.05, 0) is 63.2 Å². The van der Waals surface area contributed by atoms with Gasteiger partial charge < -0.3 is 5.11 Å². The van der Waals surface area contributed by atoms with Crippen molar-refractivity contribution in [3.8, 4) is 0 Å². The smallest absolute Gasteiger partial charge is 0.0667 e. The molecule has 0 aliphatic carbocycles. The molecular formula is C18H28N2OS. The van der Waals surface area contributed by atoms with Crippen LogP contribution in [0.4, 0.5) is 0 Å². The monoisotopic (exact) mass is 320 g/mol. The summed E-state index contributed by atoms with van der Waals surface area (Å²) in [5.41, 5.74) is 1.46. The summed E-state index contributed by atoms with van der Waals surface area (Å²) in [5, 5.41) is 9.86. The van der Waals surface area contributed by atoms with Crippen molar-refractivity contribution in [3.63, 3.8) is 0 Å². The van der Waals surface area contributed by atoms with E-state index < -0.39 is 0 Å². The second kappa shape index (κ2) is 7.82. The first-order valence-corrected chi connectivity index (χ1v) is 9.75. The molecule has 2 saturated heterocycles. The molecule has 22 heavy (non-hydrogen) atoms. The van der Waals surface area contributed by atoms with Crippen LogP contribution < -0.4 is 0 Å². The van der Waals surface area contributed by atoms with Crippen molar-refractivity contribution in [1.29, 1.82) is 0 Å². The number of likely N-dealkylation sites (tertiary alicyclic amines) is 2. The number of β-amino-alcohol motifs (C(OH)–C–C–N with tert-alkyl or cyclic N) is 1. The minimum atomic E-state index is -0.0970. The lowest BCUT2D eigenvalue weighted by molar-refractivity contribution is 0.0242. The largest absolute Gasteiger partial charge is 0.392 e. The average Bonchev–Trinajstić information content (AvgIpc) is 2.56. The molecule has 1 unspecified atom stereocenters. The first-order chi connectivity index (χ1) is 10.8. The quantitative estimate of drug-likeness (QED) is 0.863. The molecule has 0 spiro atoms. The van der Waals surface area contributed by atoms with E-state index in [2.05, 4.69) is 40.3 Å². The molecule has 2 aliphatic rings. The van der Waals surface area contributed by atoms with E-state index in [1.54, 1.807) is 0 Å². The molecule has 2 fully saturated rings. The summed E-state index contributed by atoms with van der Waals surface area (Å²) in [6.07, 6.45) is 6.69. The molecular weight excluding hydrogens is 292 g/mol. The number of hydrogen-bond acceptors (Lipinski definition) is 4. The van der Waals surface area contributed by atoms with Gasteiger partial charge in [-0.25, -0.2) is 0 Å². The maximum Gasteiger partial charge on any atom is 0.0667 e. The molecule has 1 aromatic carbocycles. The number of aliphatic hydroxyl groups excluding tert-OH is 1. The highest BCUT2D eigenvalue weighted by Crippen LogP contribution is 2.25. The van der Waals surface area contributed by atoms with E-state index in [1.807, 2.05) is 11.8 Å². The molecule has 2 heterocycles. The van der Waals surface area contributed by atoms with Crippen LogP contribution in [-0.4, -0.2) is 59.5 Å². The molecule has 0 amide bonds. The molecule has 0 aromatic heterocycles. The molecule has 3 rings (SSSR count). The van der Waals surface area contributed by atoms with Gasteiger partial charge in [0.25, 0.3) is 0 Å². The number of piperidine rings is 2. The van der Waals surface area contributed by atoms with Crippen LogP contribution in [0.15, 0.2) is 29.2 Å². The second-order valence-electron chi connectivity index (χ2n) is 6.61. The van der Waals surface area contributed by atoms with Gasteiger partial charge in [-0.2, -0.15) is 0 Å². The number of hydrogen-bond donors (Lipinski definition) is 1. The van der Waals surface area contributed by atoms with Crippen LogP contribution in [0.1, 0.15) is 31.2 Å². The third-order valence-electron chi connectivity index (χ3n) is 5.09. The molecule has 122 valence electrons. The number of nitrogens with zero attached hydrogens (tertiary/aromatic N) is 2. The van der Waals surface area contributed by atoms with Crippen LogP contribution in [0, 0.1) is 0 Å². The van der Waals surface area contributed by atoms with Gasteiger partial charge in [-0.15, -0.1) is 11.8 Å². The Morgan fingerprint density at radius 1 is 1.14 bits per heavy atom. The van der Waals surface area contributed by atoms with Crippen LogP contribution in [0.25, 0.3) is 0 Å². The molecule has 0 saturated carbocycles. The lowest BCUT2D eigenvalue weighted by Gasteiger charge is -2.41. The summed E-state index contributed by atoms with van der Waals surface area (Å²) in [5.74, 6) is 0. The van der Waals surface area contributed by atoms with Crippen LogP contribution in [-0.2, 0) is 6.54 Å². The summed E-state index contributed by atoms with van der Waals surface area (Å²) in [4.78, 5) is 6.52. The maximum atomic E-state index is 9.86. The number of rotatable bonds is 4. The summed E-state index contributed by atoms with van der Waals surface area (Å²) in [6.45, 7) is 5.50. The molecule has 1 atom stereocenters. The Hall–Kier alpha value is -0.550. The Balaban J connectivity index is 1.51.